The minimum absolute atomic E-state index is 0.237. The van der Waals surface area contributed by atoms with Gasteiger partial charge in [-0.1, -0.05) is 24.6 Å². The van der Waals surface area contributed by atoms with Gasteiger partial charge in [0.25, 0.3) is 5.56 Å². The smallest absolute Gasteiger partial charge is 0.308 e. The van der Waals surface area contributed by atoms with Gasteiger partial charge < -0.3 is 5.32 Å². The van der Waals surface area contributed by atoms with Gasteiger partial charge in [0, 0.05) is 28.5 Å². The predicted octanol–water partition coefficient (Wildman–Crippen LogP) is 3.12. The van der Waals surface area contributed by atoms with Crippen molar-refractivity contribution in [3.63, 3.8) is 0 Å². The molecule has 2 amide bonds. The Morgan fingerprint density at radius 3 is 2.81 bits per heavy atom. The van der Waals surface area contributed by atoms with E-state index in [-0.39, 0.29) is 11.5 Å². The number of benzene rings is 1. The van der Waals surface area contributed by atoms with Crippen LogP contribution in [-0.4, -0.2) is 25.8 Å². The molecule has 26 heavy (non-hydrogen) atoms. The average molecular weight is 373 g/mol. The molecule has 0 saturated heterocycles. The number of hydrogen-bond donors (Lipinski definition) is 3. The quantitative estimate of drug-likeness (QED) is 0.654. The van der Waals surface area contributed by atoms with Crippen LogP contribution >= 0.6 is 11.6 Å². The van der Waals surface area contributed by atoms with E-state index in [1.54, 1.807) is 37.3 Å². The molecule has 9 heteroatoms. The highest BCUT2D eigenvalue weighted by Gasteiger charge is 2.13. The van der Waals surface area contributed by atoms with Crippen molar-refractivity contribution in [3.05, 3.63) is 63.2 Å². The number of rotatable bonds is 4. The number of amides is 2. The molecule has 0 spiro atoms. The Morgan fingerprint density at radius 1 is 1.27 bits per heavy atom. The molecule has 0 bridgehead atoms. The molecule has 0 aliphatic heterocycles. The highest BCUT2D eigenvalue weighted by molar-refractivity contribution is 6.30. The summed E-state index contributed by atoms with van der Waals surface area (Å²) in [6.07, 6.45) is 0.606. The van der Waals surface area contributed by atoms with E-state index in [4.69, 9.17) is 11.6 Å². The van der Waals surface area contributed by atoms with Gasteiger partial charge in [0.15, 0.2) is 0 Å². The number of hydrogen-bond acceptors (Lipinski definition) is 4. The normalized spacial score (nSPS) is 10.6. The Kier molecular flexibility index (Phi) is 5.04. The fourth-order valence-corrected chi connectivity index (χ4v) is 2.56. The third-order valence-corrected chi connectivity index (χ3v) is 3.74. The lowest BCUT2D eigenvalue weighted by molar-refractivity contribution is 0.262. The third kappa shape index (κ3) is 4.09. The molecule has 0 saturated carbocycles. The van der Waals surface area contributed by atoms with E-state index in [1.165, 1.54) is 10.7 Å². The number of aromatic nitrogens is 4. The molecule has 134 valence electrons. The van der Waals surface area contributed by atoms with Crippen molar-refractivity contribution in [1.29, 1.82) is 0 Å². The number of aromatic amines is 1. The third-order valence-electron chi connectivity index (χ3n) is 3.50. The van der Waals surface area contributed by atoms with E-state index in [2.05, 4.69) is 25.7 Å². The van der Waals surface area contributed by atoms with Crippen LogP contribution in [0.1, 0.15) is 18.3 Å². The number of nitrogens with one attached hydrogen (secondary N) is 3. The maximum Gasteiger partial charge on any atom is 0.324 e. The molecule has 2 aromatic heterocycles. The number of carbonyl (C=O) groups excluding carboxylic acids is 1. The molecule has 2 heterocycles. The lowest BCUT2D eigenvalue weighted by Gasteiger charge is -2.10. The Hall–Kier alpha value is -3.13. The second-order valence-electron chi connectivity index (χ2n) is 5.59. The Bertz CT molecular complexity index is 1010. The fourth-order valence-electron chi connectivity index (χ4n) is 2.37. The molecular weight excluding hydrogens is 356 g/mol. The first-order chi connectivity index (χ1) is 12.4. The molecule has 0 aliphatic rings. The molecular formula is C17H17ClN6O2. The summed E-state index contributed by atoms with van der Waals surface area (Å²) in [5, 5.41) is 10.2. The summed E-state index contributed by atoms with van der Waals surface area (Å²) in [6.45, 7) is 3.68. The Labute approximate surface area is 154 Å². The van der Waals surface area contributed by atoms with E-state index in [9.17, 15) is 9.59 Å². The Balaban J connectivity index is 1.86. The molecule has 0 fully saturated rings. The van der Waals surface area contributed by atoms with E-state index in [1.807, 2.05) is 6.92 Å². The summed E-state index contributed by atoms with van der Waals surface area (Å²) < 4.78 is 1.38. The largest absolute Gasteiger partial charge is 0.324 e. The van der Waals surface area contributed by atoms with Crippen molar-refractivity contribution in [2.24, 2.45) is 0 Å². The van der Waals surface area contributed by atoms with Crippen molar-refractivity contribution >= 4 is 29.1 Å². The summed E-state index contributed by atoms with van der Waals surface area (Å²) in [6, 6.07) is 9.44. The van der Waals surface area contributed by atoms with Crippen LogP contribution in [0.3, 0.4) is 0 Å². The number of nitrogens with zero attached hydrogens (tertiary/aromatic N) is 3. The zero-order chi connectivity index (χ0) is 18.7. The van der Waals surface area contributed by atoms with Gasteiger partial charge in [0.05, 0.1) is 5.69 Å². The van der Waals surface area contributed by atoms with Crippen LogP contribution in [0.2, 0.25) is 5.02 Å². The molecule has 0 aliphatic carbocycles. The minimum Gasteiger partial charge on any atom is -0.308 e. The number of H-pyrrole nitrogens is 1. The number of anilines is 2. The van der Waals surface area contributed by atoms with Gasteiger partial charge in [-0.3, -0.25) is 15.1 Å². The van der Waals surface area contributed by atoms with Crippen LogP contribution in [0.4, 0.5) is 16.3 Å². The molecule has 0 radical (unpaired) electrons. The summed E-state index contributed by atoms with van der Waals surface area (Å²) >= 11 is 5.91. The van der Waals surface area contributed by atoms with E-state index < -0.39 is 6.03 Å². The van der Waals surface area contributed by atoms with Crippen LogP contribution in [0, 0.1) is 6.92 Å². The van der Waals surface area contributed by atoms with Gasteiger partial charge >= 0.3 is 6.03 Å². The minimum atomic E-state index is -0.470. The fraction of sp³-hybridized carbons (Fsp3) is 0.176. The number of aryl methyl sites for hydroxylation is 2. The van der Waals surface area contributed by atoms with Crippen LogP contribution < -0.4 is 16.2 Å². The standard InChI is InChI=1S/C17H17ClN6O2/c1-3-12-9-15(25)22-16(19-12)24-14(7-10(2)23-24)21-17(26)20-13-6-4-5-11(18)8-13/h4-9H,3H2,1-2H3,(H,19,22,25)(H2,20,21,26). The molecule has 8 nitrogen and oxygen atoms in total. The van der Waals surface area contributed by atoms with Crippen molar-refractivity contribution in [1.82, 2.24) is 19.7 Å². The highest BCUT2D eigenvalue weighted by atomic mass is 35.5. The first-order valence-corrected chi connectivity index (χ1v) is 8.33. The van der Waals surface area contributed by atoms with E-state index >= 15 is 0 Å². The monoisotopic (exact) mass is 372 g/mol. The van der Waals surface area contributed by atoms with Gasteiger partial charge in [0.2, 0.25) is 5.95 Å². The number of halogens is 1. The lowest BCUT2D eigenvalue weighted by atomic mass is 10.3. The van der Waals surface area contributed by atoms with Crippen molar-refractivity contribution in [3.8, 4) is 5.95 Å². The van der Waals surface area contributed by atoms with Crippen molar-refractivity contribution in [2.45, 2.75) is 20.3 Å². The summed E-state index contributed by atoms with van der Waals surface area (Å²) in [4.78, 5) is 31.1. The summed E-state index contributed by atoms with van der Waals surface area (Å²) in [5.74, 6) is 0.610. The van der Waals surface area contributed by atoms with Crippen LogP contribution in [-0.2, 0) is 6.42 Å². The van der Waals surface area contributed by atoms with Crippen molar-refractivity contribution in [2.75, 3.05) is 10.6 Å². The van der Waals surface area contributed by atoms with E-state index in [0.29, 0.717) is 34.3 Å². The first kappa shape index (κ1) is 17.7. The molecule has 3 aromatic rings. The summed E-state index contributed by atoms with van der Waals surface area (Å²) in [5.41, 5.74) is 1.56. The van der Waals surface area contributed by atoms with Gasteiger partial charge in [-0.05, 0) is 31.5 Å². The molecule has 0 unspecified atom stereocenters. The zero-order valence-corrected chi connectivity index (χ0v) is 15.0. The zero-order valence-electron chi connectivity index (χ0n) is 14.2. The van der Waals surface area contributed by atoms with Crippen LogP contribution in [0.25, 0.3) is 5.95 Å². The first-order valence-electron chi connectivity index (χ1n) is 7.95. The topological polar surface area (TPSA) is 105 Å². The van der Waals surface area contributed by atoms with Gasteiger partial charge in [-0.2, -0.15) is 9.78 Å². The second-order valence-corrected chi connectivity index (χ2v) is 6.02. The van der Waals surface area contributed by atoms with Gasteiger partial charge in [0.1, 0.15) is 5.82 Å². The van der Waals surface area contributed by atoms with Crippen molar-refractivity contribution < 1.29 is 4.79 Å². The molecule has 3 N–H and O–H groups in total. The van der Waals surface area contributed by atoms with E-state index in [0.717, 1.165) is 0 Å². The SMILES string of the molecule is CCc1cc(=O)[nH]c(-n2nc(C)cc2NC(=O)Nc2cccc(Cl)c2)n1. The highest BCUT2D eigenvalue weighted by Crippen LogP contribution is 2.17. The molecule has 1 aromatic carbocycles. The van der Waals surface area contributed by atoms with Crippen LogP contribution in [0.15, 0.2) is 41.2 Å². The maximum absolute atomic E-state index is 12.3. The van der Waals surface area contributed by atoms with Gasteiger partial charge in [-0.25, -0.2) is 9.78 Å². The van der Waals surface area contributed by atoms with Crippen LogP contribution in [0.5, 0.6) is 0 Å². The Morgan fingerprint density at radius 2 is 2.08 bits per heavy atom. The second kappa shape index (κ2) is 7.40. The van der Waals surface area contributed by atoms with Gasteiger partial charge in [-0.15, -0.1) is 0 Å². The number of carbonyl (C=O) groups is 1. The molecule has 0 atom stereocenters. The predicted molar refractivity (Wildman–Crippen MR) is 100 cm³/mol. The molecule has 3 rings (SSSR count). The number of urea groups is 1. The summed E-state index contributed by atoms with van der Waals surface area (Å²) in [7, 11) is 0. The lowest BCUT2D eigenvalue weighted by Crippen LogP contribution is -2.22. The average Bonchev–Trinajstić information content (AvgIpc) is 2.94. The maximum atomic E-state index is 12.3.